The minimum atomic E-state index is -4.02. The lowest BCUT2D eigenvalue weighted by Gasteiger charge is -2.41. The van der Waals surface area contributed by atoms with E-state index < -0.39 is 96.1 Å². The van der Waals surface area contributed by atoms with Gasteiger partial charge in [0.2, 0.25) is 11.9 Å². The smallest absolute Gasteiger partial charge is 0.327 e. The number of amides is 1. The molecule has 0 aromatic carbocycles. The van der Waals surface area contributed by atoms with Gasteiger partial charge in [0.05, 0.1) is 44.7 Å². The van der Waals surface area contributed by atoms with Crippen LogP contribution in [0.4, 0.5) is 16.2 Å². The van der Waals surface area contributed by atoms with E-state index in [1.807, 2.05) is 39.9 Å². The standard InChI is InChI=1S/C33H50FN9O11P2SSi/c1-18(2)29(45)41-32-40-28-24(30(46)42-32)38-17-43(28)31-27(26(21(14-44)51-31)54-58(6,7)33(3,4)5)53-56(57,49-12-8-10-35)50-15-19-13-20(23(34)25(19)52-55(47)48)39-22-9-11-36-16-37-22/h9,11,16-21,23,25-27,31,44,55H,8,12-15H2,1-7H3,(H,47,48)(H,36,37,39)(H2,40,41,42,45,46)/t19-,20-,21-,23-,25-,26-,27+,31-,56?/m1/s1. The van der Waals surface area contributed by atoms with E-state index in [4.69, 9.17) is 39.1 Å². The molecule has 0 bridgehead atoms. The summed E-state index contributed by atoms with van der Waals surface area (Å²) in [5.41, 5.74) is -0.759. The molecule has 320 valence electrons. The average molecular weight is 890 g/mol. The van der Waals surface area contributed by atoms with Gasteiger partial charge in [0, 0.05) is 18.0 Å². The normalized spacial score (nSPS) is 26.7. The number of fused-ring (bicyclic) bond motifs is 1. The summed E-state index contributed by atoms with van der Waals surface area (Å²) in [7, 11) is -6.30. The van der Waals surface area contributed by atoms with Gasteiger partial charge in [-0.05, 0) is 42.4 Å². The number of anilines is 2. The third-order valence-electron chi connectivity index (χ3n) is 10.2. The Morgan fingerprint density at radius 1 is 1.28 bits per heavy atom. The van der Waals surface area contributed by atoms with Crippen molar-refractivity contribution in [2.45, 2.75) is 108 Å². The van der Waals surface area contributed by atoms with E-state index in [1.54, 1.807) is 13.8 Å². The van der Waals surface area contributed by atoms with Crippen molar-refractivity contribution in [1.82, 2.24) is 29.5 Å². The number of nitrogens with one attached hydrogen (secondary N) is 3. The predicted molar refractivity (Wildman–Crippen MR) is 215 cm³/mol. The summed E-state index contributed by atoms with van der Waals surface area (Å²) in [6.45, 7) is 8.24. The number of halogens is 1. The molecule has 0 radical (unpaired) electrons. The van der Waals surface area contributed by atoms with Crippen LogP contribution in [0.2, 0.25) is 18.1 Å². The first-order chi connectivity index (χ1) is 27.3. The Hall–Kier alpha value is -3.10. The number of rotatable bonds is 18. The summed E-state index contributed by atoms with van der Waals surface area (Å²) in [5.74, 6) is -1.51. The molecule has 1 aliphatic carbocycles. The van der Waals surface area contributed by atoms with Gasteiger partial charge in [-0.3, -0.25) is 33.5 Å². The molecule has 5 N–H and O–H groups in total. The van der Waals surface area contributed by atoms with Crippen molar-refractivity contribution >= 4 is 63.9 Å². The van der Waals surface area contributed by atoms with Crippen molar-refractivity contribution in [2.24, 2.45) is 11.8 Å². The second-order valence-electron chi connectivity index (χ2n) is 15.7. The van der Waals surface area contributed by atoms with Crippen LogP contribution in [-0.2, 0) is 48.4 Å². The van der Waals surface area contributed by atoms with Crippen LogP contribution in [0.15, 0.2) is 29.7 Å². The number of alkyl halides is 1. The molecule has 3 aromatic heterocycles. The van der Waals surface area contributed by atoms with E-state index in [-0.39, 0.29) is 48.2 Å². The molecular formula is C33H50FN9O11P2SSi. The molecule has 1 saturated carbocycles. The van der Waals surface area contributed by atoms with E-state index in [0.717, 1.165) is 0 Å². The molecule has 5 rings (SSSR count). The van der Waals surface area contributed by atoms with Crippen LogP contribution in [0, 0.1) is 23.2 Å². The number of hydrogen-bond donors (Lipinski definition) is 5. The van der Waals surface area contributed by atoms with Crippen LogP contribution in [-0.4, -0.2) is 110 Å². The molecule has 2 fully saturated rings. The minimum Gasteiger partial charge on any atom is -0.408 e. The Kier molecular flexibility index (Phi) is 15.1. The summed E-state index contributed by atoms with van der Waals surface area (Å²) >= 11 is 5.97. The van der Waals surface area contributed by atoms with Crippen molar-refractivity contribution < 1.29 is 51.0 Å². The lowest BCUT2D eigenvalue weighted by Crippen LogP contribution is -2.50. The van der Waals surface area contributed by atoms with Crippen molar-refractivity contribution in [3.63, 3.8) is 0 Å². The lowest BCUT2D eigenvalue weighted by atomic mass is 10.1. The fraction of sp³-hybridized carbons (Fsp3) is 0.667. The number of aliphatic hydroxyl groups excluding tert-OH is 1. The van der Waals surface area contributed by atoms with Gasteiger partial charge in [0.1, 0.15) is 42.7 Å². The number of aromatic amines is 1. The Morgan fingerprint density at radius 2 is 2.02 bits per heavy atom. The number of carbonyl (C=O) groups is 1. The summed E-state index contributed by atoms with van der Waals surface area (Å²) in [6, 6.07) is 2.61. The van der Waals surface area contributed by atoms with E-state index in [1.165, 1.54) is 29.5 Å². The van der Waals surface area contributed by atoms with Crippen LogP contribution in [0.3, 0.4) is 0 Å². The van der Waals surface area contributed by atoms with Gasteiger partial charge >= 0.3 is 15.0 Å². The Morgan fingerprint density at radius 3 is 2.64 bits per heavy atom. The number of H-pyrrole nitrogens is 1. The number of aliphatic hydroxyl groups is 1. The molecule has 3 aromatic rings. The molecule has 25 heteroatoms. The second kappa shape index (κ2) is 19.1. The highest BCUT2D eigenvalue weighted by atomic mass is 32.5. The van der Waals surface area contributed by atoms with Crippen LogP contribution < -0.4 is 16.2 Å². The maximum absolute atomic E-state index is 15.9. The number of ether oxygens (including phenoxy) is 1. The second-order valence-corrected chi connectivity index (χ2v) is 24.1. The Bertz CT molecular complexity index is 2070. The highest BCUT2D eigenvalue weighted by molar-refractivity contribution is 8.07. The fourth-order valence-electron chi connectivity index (χ4n) is 6.14. The van der Waals surface area contributed by atoms with Crippen molar-refractivity contribution in [2.75, 3.05) is 30.5 Å². The van der Waals surface area contributed by atoms with Crippen LogP contribution in [0.1, 0.15) is 53.7 Å². The van der Waals surface area contributed by atoms with E-state index >= 15 is 4.39 Å². The van der Waals surface area contributed by atoms with Crippen molar-refractivity contribution in [3.05, 3.63) is 35.3 Å². The first-order valence-corrected chi connectivity index (χ1v) is 25.2. The van der Waals surface area contributed by atoms with Gasteiger partial charge in [-0.25, -0.2) is 19.3 Å². The SMILES string of the molecule is CC(C)C(=O)Nc1nc2c(ncn2[C@@H]2O[C@H](CO)[C@@H](O[Si](C)(C)C(C)(C)C)[C@@H]2OP(=S)(OCCC#N)OC[C@H]2C[C@@H](Nc3ccncn3)[C@@H](F)[C@@H]2O[PH](=O)O)c(=O)[nH]1. The van der Waals surface area contributed by atoms with E-state index in [2.05, 4.69) is 35.6 Å². The maximum Gasteiger partial charge on any atom is 0.327 e. The van der Waals surface area contributed by atoms with E-state index in [9.17, 15) is 29.4 Å². The molecule has 58 heavy (non-hydrogen) atoms. The number of nitriles is 1. The molecule has 1 saturated heterocycles. The van der Waals surface area contributed by atoms with Crippen LogP contribution in [0.5, 0.6) is 0 Å². The van der Waals surface area contributed by atoms with Gasteiger partial charge in [-0.15, -0.1) is 0 Å². The van der Waals surface area contributed by atoms with Gasteiger partial charge in [-0.2, -0.15) is 10.2 Å². The maximum atomic E-state index is 15.9. The topological polar surface area (TPSA) is 267 Å². The van der Waals surface area contributed by atoms with Gasteiger partial charge < -0.3 is 38.1 Å². The number of carbonyl (C=O) groups excluding carboxylic acids is 1. The number of hydrogen-bond acceptors (Lipinski definition) is 17. The highest BCUT2D eigenvalue weighted by Gasteiger charge is 2.54. The Balaban J connectivity index is 1.53. The zero-order valence-electron chi connectivity index (χ0n) is 33.0. The summed E-state index contributed by atoms with van der Waals surface area (Å²) in [5, 5.41) is 25.3. The summed E-state index contributed by atoms with van der Waals surface area (Å²) < 4.78 is 66.5. The number of nitrogens with zero attached hydrogens (tertiary/aromatic N) is 6. The monoisotopic (exact) mass is 889 g/mol. The lowest BCUT2D eigenvalue weighted by molar-refractivity contribution is -0.118. The largest absolute Gasteiger partial charge is 0.408 e. The van der Waals surface area contributed by atoms with E-state index in [0.29, 0.717) is 5.82 Å². The third kappa shape index (κ3) is 10.8. The number of imidazole rings is 1. The molecule has 4 heterocycles. The van der Waals surface area contributed by atoms with Crippen LogP contribution in [0.25, 0.3) is 11.2 Å². The molecule has 1 aliphatic heterocycles. The zero-order valence-corrected chi connectivity index (χ0v) is 36.7. The van der Waals surface area contributed by atoms with Crippen molar-refractivity contribution in [1.29, 1.82) is 5.26 Å². The van der Waals surface area contributed by atoms with Gasteiger partial charge in [-0.1, -0.05) is 34.6 Å². The Labute approximate surface area is 340 Å². The fourth-order valence-corrected chi connectivity index (χ4v) is 10.1. The zero-order chi connectivity index (χ0) is 42.6. The first kappa shape index (κ1) is 46.0. The highest BCUT2D eigenvalue weighted by Crippen LogP contribution is 2.56. The quantitative estimate of drug-likeness (QED) is 0.0687. The molecule has 1 amide bonds. The van der Waals surface area contributed by atoms with Gasteiger partial charge in [0.15, 0.2) is 25.7 Å². The van der Waals surface area contributed by atoms with Crippen LogP contribution >= 0.6 is 15.0 Å². The molecule has 10 atom stereocenters. The summed E-state index contributed by atoms with van der Waals surface area (Å²) in [4.78, 5) is 54.6. The minimum absolute atomic E-state index is 0.00733. The predicted octanol–water partition coefficient (Wildman–Crippen LogP) is 3.95. The molecular weight excluding hydrogens is 840 g/mol. The average Bonchev–Trinajstić information content (AvgIpc) is 3.80. The number of aromatic nitrogens is 6. The molecule has 20 nitrogen and oxygen atoms in total. The van der Waals surface area contributed by atoms with Gasteiger partial charge in [0.25, 0.3) is 5.56 Å². The molecule has 2 aliphatic rings. The molecule has 0 spiro atoms. The third-order valence-corrected chi connectivity index (χ3v) is 17.5. The van der Waals surface area contributed by atoms with Crippen molar-refractivity contribution in [3.8, 4) is 6.07 Å². The summed E-state index contributed by atoms with van der Waals surface area (Å²) in [6.07, 6.45) is -3.75. The molecule has 2 unspecified atom stereocenters. The first-order valence-electron chi connectivity index (χ1n) is 18.5.